The van der Waals surface area contributed by atoms with Crippen LogP contribution in [0, 0.1) is 6.92 Å². The Labute approximate surface area is 234 Å². The number of amides is 2. The molecule has 0 radical (unpaired) electrons. The van der Waals surface area contributed by atoms with Crippen LogP contribution < -0.4 is 9.62 Å². The van der Waals surface area contributed by atoms with E-state index in [4.69, 9.17) is 34.8 Å². The third-order valence-corrected chi connectivity index (χ3v) is 8.91. The van der Waals surface area contributed by atoms with Crippen molar-refractivity contribution in [3.8, 4) is 0 Å². The van der Waals surface area contributed by atoms with Gasteiger partial charge in [0.2, 0.25) is 21.8 Å². The van der Waals surface area contributed by atoms with Crippen molar-refractivity contribution in [1.29, 1.82) is 0 Å². The maximum atomic E-state index is 13.9. The predicted molar refractivity (Wildman–Crippen MR) is 150 cm³/mol. The lowest BCUT2D eigenvalue weighted by Gasteiger charge is -2.34. The molecular weight excluding hydrogens is 557 g/mol. The number of hydrogen-bond acceptors (Lipinski definition) is 4. The van der Waals surface area contributed by atoms with Crippen molar-refractivity contribution < 1.29 is 18.0 Å². The van der Waals surface area contributed by atoms with E-state index in [0.29, 0.717) is 38.3 Å². The molecule has 11 heteroatoms. The van der Waals surface area contributed by atoms with Crippen LogP contribution in [0.1, 0.15) is 50.2 Å². The maximum Gasteiger partial charge on any atom is 0.244 e. The van der Waals surface area contributed by atoms with Crippen LogP contribution in [0.5, 0.6) is 0 Å². The minimum atomic E-state index is -3.87. The van der Waals surface area contributed by atoms with Gasteiger partial charge >= 0.3 is 0 Å². The molecule has 202 valence electrons. The summed E-state index contributed by atoms with van der Waals surface area (Å²) < 4.78 is 26.6. The second-order valence-electron chi connectivity index (χ2n) is 9.29. The lowest BCUT2D eigenvalue weighted by atomic mass is 10.1. The number of halogens is 3. The second kappa shape index (κ2) is 12.7. The molecule has 0 aromatic heterocycles. The summed E-state index contributed by atoms with van der Waals surface area (Å²) in [6.45, 7) is 2.92. The first kappa shape index (κ1) is 29.6. The van der Waals surface area contributed by atoms with E-state index in [9.17, 15) is 18.0 Å². The summed E-state index contributed by atoms with van der Waals surface area (Å²) in [5.41, 5.74) is 1.30. The molecule has 2 aromatic rings. The standard InChI is InChI=1S/C26H32Cl3N3O4S/c1-4-23(26(34)30-18-9-5-6-10-18)31(15-19-21(28)12-7-13-22(19)29)25(33)16-32(37(3,35)36)24-14-8-11-20(27)17(24)2/h7-8,11-14,18,23H,4-6,9-10,15-16H2,1-3H3,(H,30,34)/t23-/m0/s1. The lowest BCUT2D eigenvalue weighted by Crippen LogP contribution is -2.53. The zero-order valence-corrected chi connectivity index (χ0v) is 24.2. The van der Waals surface area contributed by atoms with Crippen LogP contribution >= 0.6 is 34.8 Å². The highest BCUT2D eigenvalue weighted by Gasteiger charge is 2.34. The largest absolute Gasteiger partial charge is 0.352 e. The molecule has 0 heterocycles. The van der Waals surface area contributed by atoms with Crippen molar-refractivity contribution >= 4 is 62.3 Å². The summed E-state index contributed by atoms with van der Waals surface area (Å²) >= 11 is 19.1. The average Bonchev–Trinajstić information content (AvgIpc) is 3.33. The highest BCUT2D eigenvalue weighted by molar-refractivity contribution is 7.92. The SMILES string of the molecule is CC[C@@H](C(=O)NC1CCCC1)N(Cc1c(Cl)cccc1Cl)C(=O)CN(c1cccc(Cl)c1C)S(C)(=O)=O. The van der Waals surface area contributed by atoms with Gasteiger partial charge in [-0.2, -0.15) is 0 Å². The van der Waals surface area contributed by atoms with Crippen molar-refractivity contribution in [3.05, 3.63) is 62.6 Å². The third kappa shape index (κ3) is 7.31. The minimum absolute atomic E-state index is 0.0555. The average molecular weight is 589 g/mol. The van der Waals surface area contributed by atoms with Gasteiger partial charge in [-0.15, -0.1) is 0 Å². The van der Waals surface area contributed by atoms with Crippen molar-refractivity contribution in [1.82, 2.24) is 10.2 Å². The molecule has 1 N–H and O–H groups in total. The zero-order chi connectivity index (χ0) is 27.3. The molecule has 2 amide bonds. The molecule has 7 nitrogen and oxygen atoms in total. The zero-order valence-electron chi connectivity index (χ0n) is 21.1. The van der Waals surface area contributed by atoms with E-state index >= 15 is 0 Å². The molecule has 1 atom stereocenters. The molecule has 1 saturated carbocycles. The van der Waals surface area contributed by atoms with E-state index < -0.39 is 28.5 Å². The van der Waals surface area contributed by atoms with Gasteiger partial charge in [-0.3, -0.25) is 13.9 Å². The molecule has 0 bridgehead atoms. The topological polar surface area (TPSA) is 86.8 Å². The Morgan fingerprint density at radius 1 is 1.03 bits per heavy atom. The molecule has 3 rings (SSSR count). The normalized spacial score (nSPS) is 14.9. The minimum Gasteiger partial charge on any atom is -0.352 e. The highest BCUT2D eigenvalue weighted by atomic mass is 35.5. The number of hydrogen-bond donors (Lipinski definition) is 1. The summed E-state index contributed by atoms with van der Waals surface area (Å²) in [6.07, 6.45) is 5.22. The van der Waals surface area contributed by atoms with Gasteiger partial charge in [0.15, 0.2) is 0 Å². The molecule has 0 unspecified atom stereocenters. The fourth-order valence-corrected chi connectivity index (χ4v) is 6.19. The van der Waals surface area contributed by atoms with Crippen LogP contribution in [-0.2, 0) is 26.2 Å². The Kier molecular flexibility index (Phi) is 10.1. The molecule has 1 aliphatic rings. The van der Waals surface area contributed by atoms with Crippen molar-refractivity contribution in [3.63, 3.8) is 0 Å². The second-order valence-corrected chi connectivity index (χ2v) is 12.4. The third-order valence-electron chi connectivity index (χ3n) is 6.66. The number of rotatable bonds is 10. The monoisotopic (exact) mass is 587 g/mol. The Bertz CT molecular complexity index is 1230. The van der Waals surface area contributed by atoms with Gasteiger partial charge in [0, 0.05) is 33.2 Å². The Hall–Kier alpha value is -2.00. The number of benzene rings is 2. The number of carbonyl (C=O) groups excluding carboxylic acids is 2. The van der Waals surface area contributed by atoms with Crippen LogP contribution in [0.15, 0.2) is 36.4 Å². The van der Waals surface area contributed by atoms with Gasteiger partial charge in [-0.1, -0.05) is 66.7 Å². The first-order valence-electron chi connectivity index (χ1n) is 12.2. The molecule has 0 aliphatic heterocycles. The van der Waals surface area contributed by atoms with E-state index in [0.717, 1.165) is 36.2 Å². The Morgan fingerprint density at radius 2 is 1.59 bits per heavy atom. The summed E-state index contributed by atoms with van der Waals surface area (Å²) in [5.74, 6) is -0.843. The van der Waals surface area contributed by atoms with Gasteiger partial charge in [-0.25, -0.2) is 8.42 Å². The number of nitrogens with zero attached hydrogens (tertiary/aromatic N) is 2. The van der Waals surface area contributed by atoms with Gasteiger partial charge in [0.05, 0.1) is 11.9 Å². The molecular formula is C26H32Cl3N3O4S. The van der Waals surface area contributed by atoms with E-state index in [1.54, 1.807) is 43.3 Å². The van der Waals surface area contributed by atoms with E-state index in [2.05, 4.69) is 5.32 Å². The number of nitrogens with one attached hydrogen (secondary N) is 1. The smallest absolute Gasteiger partial charge is 0.244 e. The van der Waals surface area contributed by atoms with Crippen LogP contribution in [0.4, 0.5) is 5.69 Å². The van der Waals surface area contributed by atoms with E-state index in [1.807, 2.05) is 6.92 Å². The van der Waals surface area contributed by atoms with Crippen molar-refractivity contribution in [2.24, 2.45) is 0 Å². The molecule has 2 aromatic carbocycles. The first-order chi connectivity index (χ1) is 17.4. The quantitative estimate of drug-likeness (QED) is 0.392. The summed E-state index contributed by atoms with van der Waals surface area (Å²) in [5, 5.41) is 4.14. The fourth-order valence-electron chi connectivity index (χ4n) is 4.60. The number of carbonyl (C=O) groups is 2. The van der Waals surface area contributed by atoms with Crippen LogP contribution in [-0.4, -0.2) is 50.0 Å². The van der Waals surface area contributed by atoms with Gasteiger partial charge in [-0.05, 0) is 56.0 Å². The molecule has 1 aliphatic carbocycles. The summed E-state index contributed by atoms with van der Waals surface area (Å²) in [6, 6.07) is 9.08. The van der Waals surface area contributed by atoms with E-state index in [1.165, 1.54) is 4.90 Å². The lowest BCUT2D eigenvalue weighted by molar-refractivity contribution is -0.140. The molecule has 1 fully saturated rings. The molecule has 37 heavy (non-hydrogen) atoms. The van der Waals surface area contributed by atoms with Gasteiger partial charge < -0.3 is 10.2 Å². The summed E-state index contributed by atoms with van der Waals surface area (Å²) in [4.78, 5) is 28.6. The number of anilines is 1. The fraction of sp³-hybridized carbons (Fsp3) is 0.462. The van der Waals surface area contributed by atoms with Gasteiger partial charge in [0.1, 0.15) is 12.6 Å². The molecule has 0 saturated heterocycles. The van der Waals surface area contributed by atoms with Crippen LogP contribution in [0.25, 0.3) is 0 Å². The Morgan fingerprint density at radius 3 is 2.16 bits per heavy atom. The van der Waals surface area contributed by atoms with E-state index in [-0.39, 0.29) is 18.5 Å². The van der Waals surface area contributed by atoms with Crippen molar-refractivity contribution in [2.45, 2.75) is 64.6 Å². The number of sulfonamides is 1. The van der Waals surface area contributed by atoms with Crippen LogP contribution in [0.2, 0.25) is 15.1 Å². The van der Waals surface area contributed by atoms with Crippen molar-refractivity contribution in [2.75, 3.05) is 17.1 Å². The first-order valence-corrected chi connectivity index (χ1v) is 15.2. The Balaban J connectivity index is 2.00. The maximum absolute atomic E-state index is 13.9. The predicted octanol–water partition coefficient (Wildman–Crippen LogP) is 5.59. The van der Waals surface area contributed by atoms with Gasteiger partial charge in [0.25, 0.3) is 0 Å². The van der Waals surface area contributed by atoms with Crippen LogP contribution in [0.3, 0.4) is 0 Å². The molecule has 0 spiro atoms. The highest BCUT2D eigenvalue weighted by Crippen LogP contribution is 2.30. The summed E-state index contributed by atoms with van der Waals surface area (Å²) in [7, 11) is -3.87.